The molecule has 2 aromatic rings. The number of methoxy groups -OCH3 is 1. The Morgan fingerprint density at radius 3 is 2.69 bits per heavy atom. The second-order valence-electron chi connectivity index (χ2n) is 5.87. The van der Waals surface area contributed by atoms with Crippen molar-refractivity contribution in [3.05, 3.63) is 52.2 Å². The summed E-state index contributed by atoms with van der Waals surface area (Å²) < 4.78 is 30.6. The van der Waals surface area contributed by atoms with Crippen LogP contribution in [0, 0.1) is 0 Å². The lowest BCUT2D eigenvalue weighted by Gasteiger charge is -2.20. The Kier molecular flexibility index (Phi) is 7.62. The van der Waals surface area contributed by atoms with Crippen molar-refractivity contribution in [1.29, 1.82) is 0 Å². The number of rotatable bonds is 10. The fourth-order valence-electron chi connectivity index (χ4n) is 2.48. The van der Waals surface area contributed by atoms with Gasteiger partial charge in [0.25, 0.3) is 0 Å². The highest BCUT2D eigenvalue weighted by molar-refractivity contribution is 7.88. The summed E-state index contributed by atoms with van der Waals surface area (Å²) in [7, 11) is -1.75. The summed E-state index contributed by atoms with van der Waals surface area (Å²) in [5, 5.41) is 4.70. The van der Waals surface area contributed by atoms with Gasteiger partial charge in [-0.3, -0.25) is 4.79 Å². The lowest BCUT2D eigenvalue weighted by atomic mass is 10.1. The van der Waals surface area contributed by atoms with E-state index in [4.69, 9.17) is 4.74 Å². The molecule has 0 fully saturated rings. The SMILES string of the molecule is COc1cccc(CCN(CCNC(=O)Cc2cccs2)S(C)(=O)=O)c1. The van der Waals surface area contributed by atoms with Crippen molar-refractivity contribution in [2.24, 2.45) is 0 Å². The Morgan fingerprint density at radius 2 is 2.04 bits per heavy atom. The molecule has 0 radical (unpaired) electrons. The van der Waals surface area contributed by atoms with Gasteiger partial charge >= 0.3 is 0 Å². The zero-order chi connectivity index (χ0) is 19.0. The molecule has 0 aliphatic heterocycles. The first-order valence-corrected chi connectivity index (χ1v) is 11.0. The minimum Gasteiger partial charge on any atom is -0.497 e. The highest BCUT2D eigenvalue weighted by Crippen LogP contribution is 2.14. The first kappa shape index (κ1) is 20.4. The highest BCUT2D eigenvalue weighted by Gasteiger charge is 2.16. The van der Waals surface area contributed by atoms with Crippen LogP contribution in [-0.2, 0) is 27.7 Å². The zero-order valence-corrected chi connectivity index (χ0v) is 16.6. The maximum absolute atomic E-state index is 12.0. The summed E-state index contributed by atoms with van der Waals surface area (Å²) in [6, 6.07) is 11.4. The summed E-state index contributed by atoms with van der Waals surface area (Å²) in [5.74, 6) is 0.642. The number of sulfonamides is 1. The summed E-state index contributed by atoms with van der Waals surface area (Å²) >= 11 is 1.53. The number of carbonyl (C=O) groups is 1. The summed E-state index contributed by atoms with van der Waals surface area (Å²) in [6.07, 6.45) is 2.08. The molecule has 0 unspecified atom stereocenters. The molecule has 26 heavy (non-hydrogen) atoms. The summed E-state index contributed by atoms with van der Waals surface area (Å²) in [4.78, 5) is 12.9. The van der Waals surface area contributed by atoms with Crippen LogP contribution in [0.1, 0.15) is 10.4 Å². The van der Waals surface area contributed by atoms with Crippen LogP contribution in [0.15, 0.2) is 41.8 Å². The lowest BCUT2D eigenvalue weighted by Crippen LogP contribution is -2.39. The fourth-order valence-corrected chi connectivity index (χ4v) is 4.03. The van der Waals surface area contributed by atoms with Crippen molar-refractivity contribution in [2.75, 3.05) is 33.0 Å². The van der Waals surface area contributed by atoms with E-state index < -0.39 is 10.0 Å². The topological polar surface area (TPSA) is 75.7 Å². The number of benzene rings is 1. The van der Waals surface area contributed by atoms with Crippen molar-refractivity contribution in [3.63, 3.8) is 0 Å². The van der Waals surface area contributed by atoms with Gasteiger partial charge in [-0.2, -0.15) is 0 Å². The van der Waals surface area contributed by atoms with Crippen molar-refractivity contribution >= 4 is 27.3 Å². The molecule has 0 aliphatic rings. The molecule has 1 aromatic heterocycles. The number of carbonyl (C=O) groups excluding carboxylic acids is 1. The van der Waals surface area contributed by atoms with E-state index >= 15 is 0 Å². The van der Waals surface area contributed by atoms with Crippen LogP contribution in [-0.4, -0.2) is 51.6 Å². The van der Waals surface area contributed by atoms with Crippen LogP contribution in [0.4, 0.5) is 0 Å². The molecule has 0 aliphatic carbocycles. The van der Waals surface area contributed by atoms with E-state index in [-0.39, 0.29) is 19.0 Å². The maximum Gasteiger partial charge on any atom is 0.225 e. The Hall–Kier alpha value is -1.90. The minimum atomic E-state index is -3.35. The van der Waals surface area contributed by atoms with E-state index in [2.05, 4.69) is 5.32 Å². The van der Waals surface area contributed by atoms with Gasteiger partial charge in [0.15, 0.2) is 0 Å². The van der Waals surface area contributed by atoms with E-state index in [1.165, 1.54) is 21.9 Å². The molecule has 1 amide bonds. The van der Waals surface area contributed by atoms with Gasteiger partial charge < -0.3 is 10.1 Å². The Morgan fingerprint density at radius 1 is 1.23 bits per heavy atom. The van der Waals surface area contributed by atoms with E-state index in [0.717, 1.165) is 16.2 Å². The molecule has 1 aromatic carbocycles. The number of nitrogens with one attached hydrogen (secondary N) is 1. The lowest BCUT2D eigenvalue weighted by molar-refractivity contribution is -0.120. The average Bonchev–Trinajstić information content (AvgIpc) is 3.09. The Bertz CT molecular complexity index is 804. The molecular weight excluding hydrogens is 372 g/mol. The van der Waals surface area contributed by atoms with Crippen LogP contribution < -0.4 is 10.1 Å². The normalized spacial score (nSPS) is 11.5. The fraction of sp³-hybridized carbons (Fsp3) is 0.389. The predicted molar refractivity (Wildman–Crippen MR) is 104 cm³/mol. The monoisotopic (exact) mass is 396 g/mol. The molecular formula is C18H24N2O4S2. The number of amides is 1. The van der Waals surface area contributed by atoms with Crippen molar-refractivity contribution in [3.8, 4) is 5.75 Å². The van der Waals surface area contributed by atoms with Gasteiger partial charge in [0.05, 0.1) is 19.8 Å². The van der Waals surface area contributed by atoms with E-state index in [1.807, 2.05) is 41.8 Å². The van der Waals surface area contributed by atoms with Gasteiger partial charge in [0, 0.05) is 24.5 Å². The summed E-state index contributed by atoms with van der Waals surface area (Å²) in [5.41, 5.74) is 1.000. The molecule has 0 spiro atoms. The minimum absolute atomic E-state index is 0.103. The number of hydrogen-bond acceptors (Lipinski definition) is 5. The molecule has 6 nitrogen and oxygen atoms in total. The molecule has 0 atom stereocenters. The molecule has 0 saturated heterocycles. The zero-order valence-electron chi connectivity index (χ0n) is 15.0. The molecule has 8 heteroatoms. The van der Waals surface area contributed by atoms with Crippen molar-refractivity contribution in [2.45, 2.75) is 12.8 Å². The molecule has 2 rings (SSSR count). The quantitative estimate of drug-likeness (QED) is 0.666. The molecule has 142 valence electrons. The van der Waals surface area contributed by atoms with E-state index in [0.29, 0.717) is 19.4 Å². The molecule has 0 saturated carbocycles. The standard InChI is InChI=1S/C18H24N2O4S2/c1-24-16-6-3-5-15(13-16)8-10-20(26(2,22)23)11-9-19-18(21)14-17-7-4-12-25-17/h3-7,12-13H,8-11,14H2,1-2H3,(H,19,21). The van der Waals surface area contributed by atoms with Crippen LogP contribution in [0.2, 0.25) is 0 Å². The Labute approximate surface area is 158 Å². The van der Waals surface area contributed by atoms with Crippen LogP contribution in [0.5, 0.6) is 5.75 Å². The highest BCUT2D eigenvalue weighted by atomic mass is 32.2. The number of thiophene rings is 1. The maximum atomic E-state index is 12.0. The largest absolute Gasteiger partial charge is 0.497 e. The second-order valence-corrected chi connectivity index (χ2v) is 8.88. The van der Waals surface area contributed by atoms with Gasteiger partial charge in [-0.05, 0) is 35.6 Å². The van der Waals surface area contributed by atoms with Crippen LogP contribution in [0.3, 0.4) is 0 Å². The van der Waals surface area contributed by atoms with E-state index in [1.54, 1.807) is 7.11 Å². The Balaban J connectivity index is 1.84. The first-order valence-electron chi connectivity index (χ1n) is 8.25. The number of hydrogen-bond donors (Lipinski definition) is 1. The van der Waals surface area contributed by atoms with E-state index in [9.17, 15) is 13.2 Å². The van der Waals surface area contributed by atoms with Gasteiger partial charge in [-0.1, -0.05) is 18.2 Å². The molecule has 1 N–H and O–H groups in total. The van der Waals surface area contributed by atoms with Crippen LogP contribution >= 0.6 is 11.3 Å². The first-order chi connectivity index (χ1) is 12.4. The van der Waals surface area contributed by atoms with Gasteiger partial charge in [0.1, 0.15) is 5.75 Å². The van der Waals surface area contributed by atoms with Crippen molar-refractivity contribution in [1.82, 2.24) is 9.62 Å². The summed E-state index contributed by atoms with van der Waals surface area (Å²) in [6.45, 7) is 0.890. The molecule has 1 heterocycles. The molecule has 0 bridgehead atoms. The predicted octanol–water partition coefficient (Wildman–Crippen LogP) is 1.92. The van der Waals surface area contributed by atoms with Gasteiger partial charge in [-0.25, -0.2) is 12.7 Å². The third-order valence-corrected chi connectivity index (χ3v) is 6.03. The second kappa shape index (κ2) is 9.70. The van der Waals surface area contributed by atoms with Crippen molar-refractivity contribution < 1.29 is 17.9 Å². The number of ether oxygens (including phenoxy) is 1. The third kappa shape index (κ3) is 6.78. The van der Waals surface area contributed by atoms with Gasteiger partial charge in [-0.15, -0.1) is 11.3 Å². The smallest absolute Gasteiger partial charge is 0.225 e. The van der Waals surface area contributed by atoms with Crippen LogP contribution in [0.25, 0.3) is 0 Å². The third-order valence-electron chi connectivity index (χ3n) is 3.85. The average molecular weight is 397 g/mol. The number of nitrogens with zero attached hydrogens (tertiary/aromatic N) is 1. The van der Waals surface area contributed by atoms with Gasteiger partial charge in [0.2, 0.25) is 15.9 Å².